The number of rotatable bonds is 9. The van der Waals surface area contributed by atoms with Gasteiger partial charge >= 0.3 is 5.97 Å². The number of nitrogens with one attached hydrogen (secondary N) is 1. The maximum Gasteiger partial charge on any atom is 0.305 e. The van der Waals surface area contributed by atoms with Crippen molar-refractivity contribution in [3.05, 3.63) is 29.8 Å². The molecule has 0 amide bonds. The van der Waals surface area contributed by atoms with Crippen molar-refractivity contribution in [2.75, 3.05) is 25.4 Å². The normalized spacial score (nSPS) is 10.4. The van der Waals surface area contributed by atoms with Crippen molar-refractivity contribution in [3.63, 3.8) is 0 Å². The number of carbonyl (C=O) groups is 1. The van der Waals surface area contributed by atoms with Crippen LogP contribution in [0, 0.1) is 6.92 Å². The van der Waals surface area contributed by atoms with E-state index in [9.17, 15) is 4.79 Å². The molecule has 0 aliphatic carbocycles. The lowest BCUT2D eigenvalue weighted by Gasteiger charge is -2.05. The lowest BCUT2D eigenvalue weighted by atomic mass is 10.2. The Morgan fingerprint density at radius 1 is 1.26 bits per heavy atom. The highest BCUT2D eigenvalue weighted by atomic mass is 32.2. The standard InChI is InChI=1S/C15H23NO2S/c1-3-18-15(17)5-4-10-16-11-12-19-14-8-6-13(2)7-9-14/h6-9,16H,3-5,10-12H2,1-2H3. The summed E-state index contributed by atoms with van der Waals surface area (Å²) in [6.07, 6.45) is 1.35. The summed E-state index contributed by atoms with van der Waals surface area (Å²) in [5.74, 6) is 0.945. The molecule has 0 aliphatic rings. The van der Waals surface area contributed by atoms with Crippen molar-refractivity contribution in [1.82, 2.24) is 5.32 Å². The number of benzene rings is 1. The smallest absolute Gasteiger partial charge is 0.305 e. The minimum absolute atomic E-state index is 0.0988. The summed E-state index contributed by atoms with van der Waals surface area (Å²) in [5.41, 5.74) is 1.29. The molecule has 19 heavy (non-hydrogen) atoms. The number of ether oxygens (including phenoxy) is 1. The molecule has 0 spiro atoms. The number of esters is 1. The van der Waals surface area contributed by atoms with E-state index in [2.05, 4.69) is 36.5 Å². The molecule has 106 valence electrons. The summed E-state index contributed by atoms with van der Waals surface area (Å²) < 4.78 is 4.87. The quantitative estimate of drug-likeness (QED) is 0.429. The molecular formula is C15H23NO2S. The van der Waals surface area contributed by atoms with E-state index < -0.39 is 0 Å². The van der Waals surface area contributed by atoms with E-state index in [0.717, 1.165) is 25.3 Å². The maximum absolute atomic E-state index is 11.1. The molecular weight excluding hydrogens is 258 g/mol. The third-order valence-electron chi connectivity index (χ3n) is 2.61. The van der Waals surface area contributed by atoms with Crippen molar-refractivity contribution < 1.29 is 9.53 Å². The first-order valence-electron chi connectivity index (χ1n) is 6.78. The fourth-order valence-electron chi connectivity index (χ4n) is 1.59. The molecule has 0 heterocycles. The molecule has 1 aromatic rings. The highest BCUT2D eigenvalue weighted by Gasteiger charge is 2.00. The van der Waals surface area contributed by atoms with Crippen molar-refractivity contribution in [3.8, 4) is 0 Å². The van der Waals surface area contributed by atoms with Gasteiger partial charge < -0.3 is 10.1 Å². The Balaban J connectivity index is 1.96. The van der Waals surface area contributed by atoms with Gasteiger partial charge in [0.2, 0.25) is 0 Å². The molecule has 0 aliphatic heterocycles. The molecule has 0 atom stereocenters. The van der Waals surface area contributed by atoms with E-state index >= 15 is 0 Å². The molecule has 1 N–H and O–H groups in total. The zero-order chi connectivity index (χ0) is 13.9. The summed E-state index contributed by atoms with van der Waals surface area (Å²) >= 11 is 1.85. The van der Waals surface area contributed by atoms with Gasteiger partial charge in [-0.25, -0.2) is 0 Å². The van der Waals surface area contributed by atoms with Crippen LogP contribution in [0.3, 0.4) is 0 Å². The van der Waals surface area contributed by atoms with Crippen LogP contribution in [0.5, 0.6) is 0 Å². The van der Waals surface area contributed by atoms with E-state index in [0.29, 0.717) is 13.0 Å². The average molecular weight is 281 g/mol. The van der Waals surface area contributed by atoms with Crippen LogP contribution in [-0.4, -0.2) is 31.4 Å². The van der Waals surface area contributed by atoms with Crippen LogP contribution < -0.4 is 5.32 Å². The summed E-state index contributed by atoms with van der Waals surface area (Å²) in [6, 6.07) is 8.58. The van der Waals surface area contributed by atoms with Gasteiger partial charge in [0.15, 0.2) is 0 Å². The molecule has 0 aromatic heterocycles. The third-order valence-corrected chi connectivity index (χ3v) is 3.62. The van der Waals surface area contributed by atoms with E-state index in [1.165, 1.54) is 10.5 Å². The van der Waals surface area contributed by atoms with Crippen LogP contribution in [0.25, 0.3) is 0 Å². The van der Waals surface area contributed by atoms with Gasteiger partial charge in [0.1, 0.15) is 0 Å². The Morgan fingerprint density at radius 2 is 2.00 bits per heavy atom. The van der Waals surface area contributed by atoms with Crippen LogP contribution in [0.2, 0.25) is 0 Å². The first-order chi connectivity index (χ1) is 9.22. The Labute approximate surface area is 120 Å². The Kier molecular flexibility index (Phi) is 8.34. The minimum atomic E-state index is -0.0988. The molecule has 0 bridgehead atoms. The fourth-order valence-corrected chi connectivity index (χ4v) is 2.40. The summed E-state index contributed by atoms with van der Waals surface area (Å²) in [4.78, 5) is 12.4. The molecule has 0 unspecified atom stereocenters. The zero-order valence-electron chi connectivity index (χ0n) is 11.8. The molecule has 1 rings (SSSR count). The van der Waals surface area contributed by atoms with Crippen LogP contribution in [0.1, 0.15) is 25.3 Å². The Morgan fingerprint density at radius 3 is 2.68 bits per heavy atom. The molecule has 1 aromatic carbocycles. The lowest BCUT2D eigenvalue weighted by Crippen LogP contribution is -2.19. The van der Waals surface area contributed by atoms with Crippen LogP contribution >= 0.6 is 11.8 Å². The zero-order valence-corrected chi connectivity index (χ0v) is 12.6. The highest BCUT2D eigenvalue weighted by Crippen LogP contribution is 2.17. The molecule has 0 fully saturated rings. The Hall–Kier alpha value is -1.00. The van der Waals surface area contributed by atoms with Crippen LogP contribution in [0.4, 0.5) is 0 Å². The third kappa shape index (κ3) is 7.90. The first kappa shape index (κ1) is 16.1. The molecule has 0 radical (unpaired) electrons. The fraction of sp³-hybridized carbons (Fsp3) is 0.533. The van der Waals surface area contributed by atoms with Gasteiger partial charge in [-0.15, -0.1) is 11.8 Å². The van der Waals surface area contributed by atoms with E-state index in [1.54, 1.807) is 0 Å². The number of aryl methyl sites for hydroxylation is 1. The van der Waals surface area contributed by atoms with Gasteiger partial charge in [-0.05, 0) is 38.9 Å². The summed E-state index contributed by atoms with van der Waals surface area (Å²) in [5, 5.41) is 3.34. The van der Waals surface area contributed by atoms with Gasteiger partial charge in [-0.2, -0.15) is 0 Å². The van der Waals surface area contributed by atoms with E-state index in [1.807, 2.05) is 18.7 Å². The van der Waals surface area contributed by atoms with Crippen LogP contribution in [0.15, 0.2) is 29.2 Å². The topological polar surface area (TPSA) is 38.3 Å². The van der Waals surface area contributed by atoms with Crippen molar-refractivity contribution in [1.29, 1.82) is 0 Å². The second-order valence-corrected chi connectivity index (χ2v) is 5.49. The lowest BCUT2D eigenvalue weighted by molar-refractivity contribution is -0.143. The summed E-state index contributed by atoms with van der Waals surface area (Å²) in [7, 11) is 0. The average Bonchev–Trinajstić information content (AvgIpc) is 2.40. The molecule has 0 saturated heterocycles. The van der Waals surface area contributed by atoms with Crippen molar-refractivity contribution in [2.24, 2.45) is 0 Å². The summed E-state index contributed by atoms with van der Waals surface area (Å²) in [6.45, 7) is 6.23. The monoisotopic (exact) mass is 281 g/mol. The molecule has 4 heteroatoms. The number of carbonyl (C=O) groups excluding carboxylic acids is 1. The SMILES string of the molecule is CCOC(=O)CCCNCCSc1ccc(C)cc1. The van der Waals surface area contributed by atoms with Gasteiger partial charge in [0.25, 0.3) is 0 Å². The van der Waals surface area contributed by atoms with Gasteiger partial charge in [-0.3, -0.25) is 4.79 Å². The second-order valence-electron chi connectivity index (χ2n) is 4.32. The Bertz CT molecular complexity index is 365. The number of hydrogen-bond acceptors (Lipinski definition) is 4. The van der Waals surface area contributed by atoms with Crippen molar-refractivity contribution in [2.45, 2.75) is 31.6 Å². The second kappa shape index (κ2) is 9.87. The first-order valence-corrected chi connectivity index (χ1v) is 7.76. The number of hydrogen-bond donors (Lipinski definition) is 1. The molecule has 0 saturated carbocycles. The predicted octanol–water partition coefficient (Wildman–Crippen LogP) is 3.02. The van der Waals surface area contributed by atoms with E-state index in [4.69, 9.17) is 4.74 Å². The maximum atomic E-state index is 11.1. The van der Waals surface area contributed by atoms with Gasteiger partial charge in [0, 0.05) is 23.6 Å². The van der Waals surface area contributed by atoms with E-state index in [-0.39, 0.29) is 5.97 Å². The van der Waals surface area contributed by atoms with Crippen LogP contribution in [-0.2, 0) is 9.53 Å². The molecule has 3 nitrogen and oxygen atoms in total. The number of thioether (sulfide) groups is 1. The highest BCUT2D eigenvalue weighted by molar-refractivity contribution is 7.99. The van der Waals surface area contributed by atoms with Gasteiger partial charge in [0.05, 0.1) is 6.61 Å². The van der Waals surface area contributed by atoms with Gasteiger partial charge in [-0.1, -0.05) is 17.7 Å². The van der Waals surface area contributed by atoms with Crippen molar-refractivity contribution >= 4 is 17.7 Å². The predicted molar refractivity (Wildman–Crippen MR) is 80.6 cm³/mol. The largest absolute Gasteiger partial charge is 0.466 e. The minimum Gasteiger partial charge on any atom is -0.466 e.